The lowest BCUT2D eigenvalue weighted by molar-refractivity contribution is 0.0731. The predicted octanol–water partition coefficient (Wildman–Crippen LogP) is 4.53. The minimum absolute atomic E-state index is 0.204. The zero-order chi connectivity index (χ0) is 21.4. The molecule has 0 fully saturated rings. The number of benzene rings is 2. The molecule has 31 heavy (non-hydrogen) atoms. The van der Waals surface area contributed by atoms with Crippen LogP contribution in [-0.2, 0) is 13.6 Å². The lowest BCUT2D eigenvalue weighted by atomic mass is 9.92. The lowest BCUT2D eigenvalue weighted by Crippen LogP contribution is -2.35. The molecule has 5 heteroatoms. The molecule has 1 aliphatic carbocycles. The fourth-order valence-electron chi connectivity index (χ4n) is 4.63. The zero-order valence-corrected chi connectivity index (χ0v) is 17.8. The SMILES string of the molecule is Cn1cc(C(=O)N2CCOc3ccc(C4=CCCCC4)cc3C2)c(=O)c2ccccc21. The van der Waals surface area contributed by atoms with Crippen molar-refractivity contribution in [3.8, 4) is 5.75 Å². The Kier molecular flexibility index (Phi) is 5.10. The monoisotopic (exact) mass is 414 g/mol. The van der Waals surface area contributed by atoms with E-state index >= 15 is 0 Å². The van der Waals surface area contributed by atoms with Crippen LogP contribution in [0.1, 0.15) is 47.2 Å². The molecular weight excluding hydrogens is 388 g/mol. The molecule has 1 aliphatic heterocycles. The maximum atomic E-state index is 13.4. The number of pyridine rings is 1. The van der Waals surface area contributed by atoms with Crippen molar-refractivity contribution in [1.82, 2.24) is 9.47 Å². The van der Waals surface area contributed by atoms with Crippen LogP contribution in [0.25, 0.3) is 16.5 Å². The highest BCUT2D eigenvalue weighted by molar-refractivity contribution is 5.97. The van der Waals surface area contributed by atoms with E-state index in [1.165, 1.54) is 24.0 Å². The molecule has 3 aromatic rings. The summed E-state index contributed by atoms with van der Waals surface area (Å²) < 4.78 is 7.78. The number of hydrogen-bond donors (Lipinski definition) is 0. The van der Waals surface area contributed by atoms with Gasteiger partial charge in [-0.15, -0.1) is 0 Å². The number of fused-ring (bicyclic) bond motifs is 2. The molecule has 0 saturated carbocycles. The Balaban J connectivity index is 1.49. The van der Waals surface area contributed by atoms with Crippen molar-refractivity contribution in [1.29, 1.82) is 0 Å². The molecule has 158 valence electrons. The number of carbonyl (C=O) groups excluding carboxylic acids is 1. The molecule has 0 unspecified atom stereocenters. The van der Waals surface area contributed by atoms with Crippen LogP contribution in [0.2, 0.25) is 0 Å². The molecule has 2 heterocycles. The Morgan fingerprint density at radius 3 is 2.81 bits per heavy atom. The van der Waals surface area contributed by atoms with Gasteiger partial charge in [-0.1, -0.05) is 24.3 Å². The largest absolute Gasteiger partial charge is 0.491 e. The molecular formula is C26H26N2O3. The van der Waals surface area contributed by atoms with E-state index in [4.69, 9.17) is 4.74 Å². The summed E-state index contributed by atoms with van der Waals surface area (Å²) in [6.45, 7) is 1.29. The number of amides is 1. The molecule has 0 saturated heterocycles. The van der Waals surface area contributed by atoms with E-state index in [9.17, 15) is 9.59 Å². The summed E-state index contributed by atoms with van der Waals surface area (Å²) in [6, 6.07) is 13.7. The van der Waals surface area contributed by atoms with E-state index in [1.54, 1.807) is 17.2 Å². The van der Waals surface area contributed by atoms with Gasteiger partial charge in [0.1, 0.15) is 17.9 Å². The van der Waals surface area contributed by atoms with Gasteiger partial charge >= 0.3 is 0 Å². The van der Waals surface area contributed by atoms with E-state index in [-0.39, 0.29) is 16.9 Å². The topological polar surface area (TPSA) is 51.5 Å². The van der Waals surface area contributed by atoms with Crippen molar-refractivity contribution in [3.05, 3.63) is 81.7 Å². The van der Waals surface area contributed by atoms with Crippen LogP contribution in [0.5, 0.6) is 5.75 Å². The number of aromatic nitrogens is 1. The molecule has 2 aromatic carbocycles. The van der Waals surface area contributed by atoms with Crippen molar-refractivity contribution in [2.24, 2.45) is 7.05 Å². The summed E-state index contributed by atoms with van der Waals surface area (Å²) >= 11 is 0. The molecule has 1 amide bonds. The highest BCUT2D eigenvalue weighted by Gasteiger charge is 2.24. The maximum Gasteiger partial charge on any atom is 0.259 e. The number of rotatable bonds is 2. The van der Waals surface area contributed by atoms with Crippen LogP contribution in [0.4, 0.5) is 0 Å². The van der Waals surface area contributed by atoms with Gasteiger partial charge in [-0.25, -0.2) is 0 Å². The number of ether oxygens (including phenoxy) is 1. The summed E-state index contributed by atoms with van der Waals surface area (Å²) in [5, 5.41) is 0.564. The molecule has 0 radical (unpaired) electrons. The van der Waals surface area contributed by atoms with Crippen LogP contribution >= 0.6 is 0 Å². The Labute approximate surface area is 181 Å². The molecule has 5 nitrogen and oxygen atoms in total. The van der Waals surface area contributed by atoms with Crippen molar-refractivity contribution in [2.75, 3.05) is 13.2 Å². The Morgan fingerprint density at radius 2 is 1.97 bits per heavy atom. The van der Waals surface area contributed by atoms with Crippen molar-refractivity contribution >= 4 is 22.4 Å². The van der Waals surface area contributed by atoms with E-state index in [1.807, 2.05) is 35.9 Å². The number of aryl methyl sites for hydroxylation is 1. The normalized spacial score (nSPS) is 16.3. The molecule has 0 atom stereocenters. The molecule has 0 spiro atoms. The quantitative estimate of drug-likeness (QED) is 0.619. The molecule has 2 aliphatic rings. The second-order valence-corrected chi connectivity index (χ2v) is 8.37. The molecule has 0 bridgehead atoms. The highest BCUT2D eigenvalue weighted by Crippen LogP contribution is 2.32. The first kappa shape index (κ1) is 19.6. The summed E-state index contributed by atoms with van der Waals surface area (Å²) in [6.07, 6.45) is 8.66. The van der Waals surface area contributed by atoms with Gasteiger partial charge in [-0.3, -0.25) is 9.59 Å². The molecule has 0 N–H and O–H groups in total. The van der Waals surface area contributed by atoms with Gasteiger partial charge in [0.05, 0.1) is 12.1 Å². The first-order valence-corrected chi connectivity index (χ1v) is 10.9. The Hall–Kier alpha value is -3.34. The van der Waals surface area contributed by atoms with Crippen LogP contribution in [0, 0.1) is 0 Å². The average molecular weight is 415 g/mol. The number of hydrogen-bond acceptors (Lipinski definition) is 3. The van der Waals surface area contributed by atoms with E-state index in [0.29, 0.717) is 25.1 Å². The van der Waals surface area contributed by atoms with Crippen molar-refractivity contribution in [2.45, 2.75) is 32.2 Å². The minimum Gasteiger partial charge on any atom is -0.491 e. The van der Waals surface area contributed by atoms with Crippen molar-refractivity contribution in [3.63, 3.8) is 0 Å². The van der Waals surface area contributed by atoms with Crippen LogP contribution < -0.4 is 10.2 Å². The predicted molar refractivity (Wildman–Crippen MR) is 122 cm³/mol. The summed E-state index contributed by atoms with van der Waals surface area (Å²) in [5.41, 5.74) is 4.38. The fourth-order valence-corrected chi connectivity index (χ4v) is 4.63. The van der Waals surface area contributed by atoms with Crippen LogP contribution in [0.15, 0.2) is 59.5 Å². The third-order valence-electron chi connectivity index (χ3n) is 6.32. The Bertz CT molecular complexity index is 1260. The van der Waals surface area contributed by atoms with Gasteiger partial charge in [-0.05, 0) is 61.1 Å². The number of allylic oxidation sites excluding steroid dienone is 2. The first-order chi connectivity index (χ1) is 15.1. The van der Waals surface area contributed by atoms with Gasteiger partial charge < -0.3 is 14.2 Å². The number of para-hydroxylation sites is 1. The maximum absolute atomic E-state index is 13.4. The van der Waals surface area contributed by atoms with Gasteiger partial charge in [0.2, 0.25) is 5.43 Å². The minimum atomic E-state index is -0.245. The summed E-state index contributed by atoms with van der Waals surface area (Å²) in [4.78, 5) is 28.2. The average Bonchev–Trinajstić information content (AvgIpc) is 3.03. The van der Waals surface area contributed by atoms with E-state index in [0.717, 1.165) is 29.7 Å². The van der Waals surface area contributed by atoms with E-state index in [2.05, 4.69) is 18.2 Å². The van der Waals surface area contributed by atoms with Crippen molar-refractivity contribution < 1.29 is 9.53 Å². The highest BCUT2D eigenvalue weighted by atomic mass is 16.5. The third-order valence-corrected chi connectivity index (χ3v) is 6.32. The third kappa shape index (κ3) is 3.65. The van der Waals surface area contributed by atoms with E-state index < -0.39 is 0 Å². The standard InChI is InChI=1S/C26H26N2O3/c1-27-17-22(25(29)21-9-5-6-10-23(21)27)26(30)28-13-14-31-24-12-11-19(15-20(24)16-28)18-7-3-2-4-8-18/h5-7,9-12,15,17H,2-4,8,13-14,16H2,1H3. The second-order valence-electron chi connectivity index (χ2n) is 8.37. The first-order valence-electron chi connectivity index (χ1n) is 10.9. The van der Waals surface area contributed by atoms with Gasteiger partial charge in [0.25, 0.3) is 5.91 Å². The molecule has 5 rings (SSSR count). The van der Waals surface area contributed by atoms with Crippen LogP contribution in [0.3, 0.4) is 0 Å². The van der Waals surface area contributed by atoms with Crippen LogP contribution in [-0.4, -0.2) is 28.5 Å². The van der Waals surface area contributed by atoms with Gasteiger partial charge in [0.15, 0.2) is 0 Å². The number of carbonyl (C=O) groups is 1. The van der Waals surface area contributed by atoms with Gasteiger partial charge in [-0.2, -0.15) is 0 Å². The lowest BCUT2D eigenvalue weighted by Gasteiger charge is -2.21. The summed E-state index contributed by atoms with van der Waals surface area (Å²) in [7, 11) is 1.86. The second kappa shape index (κ2) is 8.06. The fraction of sp³-hybridized carbons (Fsp3) is 0.308. The van der Waals surface area contributed by atoms with Gasteiger partial charge in [0, 0.05) is 30.7 Å². The Morgan fingerprint density at radius 1 is 1.10 bits per heavy atom. The zero-order valence-electron chi connectivity index (χ0n) is 17.8. The summed E-state index contributed by atoms with van der Waals surface area (Å²) in [5.74, 6) is 0.576. The number of nitrogens with zero attached hydrogens (tertiary/aromatic N) is 2. The molecule has 1 aromatic heterocycles. The smallest absolute Gasteiger partial charge is 0.259 e.